The minimum absolute atomic E-state index is 0.123. The average Bonchev–Trinajstić information content (AvgIpc) is 2.37. The first kappa shape index (κ1) is 14.4. The van der Waals surface area contributed by atoms with E-state index < -0.39 is 11.0 Å². The van der Waals surface area contributed by atoms with Crippen LogP contribution in [-0.4, -0.2) is 23.1 Å². The molecule has 1 N–H and O–H groups in total. The van der Waals surface area contributed by atoms with E-state index in [1.807, 2.05) is 12.1 Å². The van der Waals surface area contributed by atoms with E-state index >= 15 is 0 Å². The first-order chi connectivity index (χ1) is 9.01. The van der Waals surface area contributed by atoms with E-state index in [-0.39, 0.29) is 24.5 Å². The molecule has 0 radical (unpaired) electrons. The zero-order valence-electron chi connectivity index (χ0n) is 10.3. The van der Waals surface area contributed by atoms with Crippen molar-refractivity contribution in [3.63, 3.8) is 0 Å². The molecule has 1 aromatic carbocycles. The van der Waals surface area contributed by atoms with Gasteiger partial charge >= 0.3 is 0 Å². The molecule has 0 aliphatic rings. The molecular formula is C12H12N4O3. The Balaban J connectivity index is 3.30. The van der Waals surface area contributed by atoms with Crippen LogP contribution in [0.25, 0.3) is 0 Å². The second-order valence-corrected chi connectivity index (χ2v) is 3.85. The summed E-state index contributed by atoms with van der Waals surface area (Å²) in [6.07, 6.45) is -0.826. The third-order valence-electron chi connectivity index (χ3n) is 2.54. The van der Waals surface area contributed by atoms with E-state index in [9.17, 15) is 15.2 Å². The van der Waals surface area contributed by atoms with Gasteiger partial charge in [0.25, 0.3) is 5.69 Å². The lowest BCUT2D eigenvalue weighted by Gasteiger charge is -2.18. The molecule has 19 heavy (non-hydrogen) atoms. The van der Waals surface area contributed by atoms with Gasteiger partial charge in [-0.15, -0.1) is 0 Å². The summed E-state index contributed by atoms with van der Waals surface area (Å²) in [5, 5.41) is 37.8. The number of aliphatic hydroxyl groups is 1. The average molecular weight is 260 g/mol. The first-order valence-electron chi connectivity index (χ1n) is 5.46. The molecule has 98 valence electrons. The highest BCUT2D eigenvalue weighted by Gasteiger charge is 2.20. The van der Waals surface area contributed by atoms with Crippen molar-refractivity contribution in [2.45, 2.75) is 13.0 Å². The van der Waals surface area contributed by atoms with Crippen molar-refractivity contribution in [3.05, 3.63) is 33.9 Å². The standard InChI is InChI=1S/C12H12N4O3/c1-9(17)10-2-3-11(12(8-10)16(18)19)15(6-4-13)7-5-14/h2-3,8-9,17H,6-7H2,1H3/t9-/m1/s1. The quantitative estimate of drug-likeness (QED) is 0.487. The summed E-state index contributed by atoms with van der Waals surface area (Å²) in [5.41, 5.74) is 0.366. The normalized spacial score (nSPS) is 11.2. The molecule has 1 aromatic rings. The SMILES string of the molecule is C[C@@H](O)c1ccc(N(CC#N)CC#N)c([N+](=O)[O-])c1. The van der Waals surface area contributed by atoms with E-state index in [4.69, 9.17) is 10.5 Å². The lowest BCUT2D eigenvalue weighted by Crippen LogP contribution is -2.24. The number of nitro benzene ring substituents is 1. The highest BCUT2D eigenvalue weighted by atomic mass is 16.6. The maximum atomic E-state index is 11.0. The Bertz CT molecular complexity index is 541. The number of benzene rings is 1. The van der Waals surface area contributed by atoms with Crippen molar-refractivity contribution >= 4 is 11.4 Å². The molecule has 0 heterocycles. The minimum Gasteiger partial charge on any atom is -0.389 e. The summed E-state index contributed by atoms with van der Waals surface area (Å²) in [7, 11) is 0. The molecule has 0 amide bonds. The van der Waals surface area contributed by atoms with Gasteiger partial charge in [-0.3, -0.25) is 10.1 Å². The Kier molecular flexibility index (Phi) is 4.81. The van der Waals surface area contributed by atoms with Gasteiger partial charge in [0.1, 0.15) is 18.8 Å². The predicted molar refractivity (Wildman–Crippen MR) is 67.2 cm³/mol. The molecule has 0 unspecified atom stereocenters. The smallest absolute Gasteiger partial charge is 0.292 e. The van der Waals surface area contributed by atoms with E-state index in [1.54, 1.807) is 0 Å². The molecule has 0 aliphatic heterocycles. The molecule has 7 heteroatoms. The number of rotatable bonds is 5. The lowest BCUT2D eigenvalue weighted by molar-refractivity contribution is -0.384. The Morgan fingerprint density at radius 1 is 1.42 bits per heavy atom. The maximum absolute atomic E-state index is 11.0. The van der Waals surface area contributed by atoms with Gasteiger partial charge in [0, 0.05) is 6.07 Å². The van der Waals surface area contributed by atoms with Gasteiger partial charge in [-0.05, 0) is 18.6 Å². The van der Waals surface area contributed by atoms with Crippen molar-refractivity contribution in [2.75, 3.05) is 18.0 Å². The first-order valence-corrected chi connectivity index (χ1v) is 5.46. The Morgan fingerprint density at radius 2 is 2.00 bits per heavy atom. The maximum Gasteiger partial charge on any atom is 0.292 e. The van der Waals surface area contributed by atoms with Crippen molar-refractivity contribution in [1.82, 2.24) is 0 Å². The Labute approximate surface area is 110 Å². The summed E-state index contributed by atoms with van der Waals surface area (Å²) in [4.78, 5) is 11.8. The Hall–Kier alpha value is -2.64. The van der Waals surface area contributed by atoms with Crippen LogP contribution in [0.3, 0.4) is 0 Å². The second-order valence-electron chi connectivity index (χ2n) is 3.85. The van der Waals surface area contributed by atoms with Gasteiger partial charge in [0.05, 0.1) is 23.2 Å². The molecule has 1 rings (SSSR count). The molecule has 0 saturated heterocycles. The lowest BCUT2D eigenvalue weighted by atomic mass is 10.1. The number of nitriles is 2. The van der Waals surface area contributed by atoms with Crippen LogP contribution in [0.4, 0.5) is 11.4 Å². The van der Waals surface area contributed by atoms with Crippen molar-refractivity contribution < 1.29 is 10.0 Å². The third-order valence-corrected chi connectivity index (χ3v) is 2.54. The van der Waals surface area contributed by atoms with Gasteiger partial charge in [0.15, 0.2) is 0 Å². The molecule has 0 saturated carbocycles. The fourth-order valence-corrected chi connectivity index (χ4v) is 1.61. The van der Waals surface area contributed by atoms with Crippen molar-refractivity contribution in [3.8, 4) is 12.1 Å². The van der Waals surface area contributed by atoms with Gasteiger partial charge in [-0.1, -0.05) is 6.07 Å². The Morgan fingerprint density at radius 3 is 2.42 bits per heavy atom. The number of anilines is 1. The van der Waals surface area contributed by atoms with Crippen LogP contribution in [0.15, 0.2) is 18.2 Å². The predicted octanol–water partition coefficient (Wildman–Crippen LogP) is 1.50. The number of nitrogens with zero attached hydrogens (tertiary/aromatic N) is 4. The van der Waals surface area contributed by atoms with Crippen LogP contribution in [0, 0.1) is 32.8 Å². The summed E-state index contributed by atoms with van der Waals surface area (Å²) in [6, 6.07) is 7.94. The molecule has 0 aliphatic carbocycles. The van der Waals surface area contributed by atoms with Crippen LogP contribution in [0.1, 0.15) is 18.6 Å². The largest absolute Gasteiger partial charge is 0.389 e. The summed E-state index contributed by atoms with van der Waals surface area (Å²) >= 11 is 0. The van der Waals surface area contributed by atoms with Crippen LogP contribution in [0.5, 0.6) is 0 Å². The van der Waals surface area contributed by atoms with E-state index in [2.05, 4.69) is 0 Å². The van der Waals surface area contributed by atoms with Crippen molar-refractivity contribution in [2.24, 2.45) is 0 Å². The van der Waals surface area contributed by atoms with Gasteiger partial charge in [-0.2, -0.15) is 10.5 Å². The topological polar surface area (TPSA) is 114 Å². The highest BCUT2D eigenvalue weighted by molar-refractivity contribution is 5.65. The van der Waals surface area contributed by atoms with Crippen LogP contribution in [-0.2, 0) is 0 Å². The molecule has 0 spiro atoms. The van der Waals surface area contributed by atoms with E-state index in [0.29, 0.717) is 5.56 Å². The van der Waals surface area contributed by atoms with Gasteiger partial charge < -0.3 is 10.0 Å². The van der Waals surface area contributed by atoms with Crippen LogP contribution >= 0.6 is 0 Å². The summed E-state index contributed by atoms with van der Waals surface area (Å²) in [5.74, 6) is 0. The van der Waals surface area contributed by atoms with Gasteiger partial charge in [0.2, 0.25) is 0 Å². The van der Waals surface area contributed by atoms with Crippen LogP contribution < -0.4 is 4.90 Å². The molecule has 0 fully saturated rings. The molecule has 7 nitrogen and oxygen atoms in total. The van der Waals surface area contributed by atoms with Crippen molar-refractivity contribution in [1.29, 1.82) is 10.5 Å². The monoisotopic (exact) mass is 260 g/mol. The summed E-state index contributed by atoms with van der Waals surface area (Å²) in [6.45, 7) is 1.26. The van der Waals surface area contributed by atoms with Gasteiger partial charge in [-0.25, -0.2) is 0 Å². The summed E-state index contributed by atoms with van der Waals surface area (Å²) < 4.78 is 0. The van der Waals surface area contributed by atoms with E-state index in [0.717, 1.165) is 0 Å². The van der Waals surface area contributed by atoms with Crippen LogP contribution in [0.2, 0.25) is 0 Å². The zero-order chi connectivity index (χ0) is 14.4. The number of hydrogen-bond acceptors (Lipinski definition) is 6. The third kappa shape index (κ3) is 3.41. The fraction of sp³-hybridized carbons (Fsp3) is 0.333. The van der Waals surface area contributed by atoms with E-state index in [1.165, 1.54) is 30.0 Å². The molecule has 0 bridgehead atoms. The second kappa shape index (κ2) is 6.34. The fourth-order valence-electron chi connectivity index (χ4n) is 1.61. The minimum atomic E-state index is -0.826. The highest BCUT2D eigenvalue weighted by Crippen LogP contribution is 2.30. The molecule has 0 aromatic heterocycles. The number of hydrogen-bond donors (Lipinski definition) is 1. The molecule has 1 atom stereocenters. The molecular weight excluding hydrogens is 248 g/mol. The number of aliphatic hydroxyl groups excluding tert-OH is 1. The zero-order valence-corrected chi connectivity index (χ0v) is 10.3. The number of nitro groups is 1.